The van der Waals surface area contributed by atoms with E-state index < -0.39 is 29.0 Å². The average Bonchev–Trinajstić information content (AvgIpc) is 2.89. The number of benzene rings is 1. The summed E-state index contributed by atoms with van der Waals surface area (Å²) >= 11 is 0. The van der Waals surface area contributed by atoms with E-state index in [-0.39, 0.29) is 23.4 Å². The van der Waals surface area contributed by atoms with E-state index >= 15 is 0 Å². The number of fused-ring (bicyclic) bond motifs is 1. The minimum absolute atomic E-state index is 0.112. The summed E-state index contributed by atoms with van der Waals surface area (Å²) in [5, 5.41) is 3.10. The number of nitrogens with one attached hydrogen (secondary N) is 2. The maximum absolute atomic E-state index is 13.1. The van der Waals surface area contributed by atoms with E-state index in [2.05, 4.69) is 15.3 Å². The van der Waals surface area contributed by atoms with Crippen LogP contribution in [0.3, 0.4) is 0 Å². The first kappa shape index (κ1) is 16.1. The SMILES string of the molecule is FC(F)(F)c1cc(C(F)(F)F)c2nc([C@H]3CCCCN3)[nH]c2c1. The van der Waals surface area contributed by atoms with Crippen molar-refractivity contribution in [2.45, 2.75) is 37.7 Å². The number of aromatic amines is 1. The maximum atomic E-state index is 13.1. The molecule has 1 aromatic heterocycles. The second-order valence-corrected chi connectivity index (χ2v) is 5.54. The number of H-pyrrole nitrogens is 1. The molecule has 3 rings (SSSR count). The van der Waals surface area contributed by atoms with E-state index in [0.29, 0.717) is 19.0 Å². The summed E-state index contributed by atoms with van der Waals surface area (Å²) in [7, 11) is 0. The number of nitrogens with zero attached hydrogens (tertiary/aromatic N) is 1. The Kier molecular flexibility index (Phi) is 3.78. The molecule has 0 saturated carbocycles. The lowest BCUT2D eigenvalue weighted by Crippen LogP contribution is -2.27. The number of hydrogen-bond donors (Lipinski definition) is 2. The molecule has 1 aliphatic rings. The Balaban J connectivity index is 2.15. The molecule has 0 spiro atoms. The van der Waals surface area contributed by atoms with E-state index in [1.54, 1.807) is 0 Å². The number of rotatable bonds is 1. The summed E-state index contributed by atoms with van der Waals surface area (Å²) in [6, 6.07) is 0.511. The molecular weight excluding hydrogens is 324 g/mol. The Bertz CT molecular complexity index is 710. The molecule has 0 bridgehead atoms. The van der Waals surface area contributed by atoms with Gasteiger partial charge in [0.15, 0.2) is 0 Å². The molecule has 9 heteroatoms. The molecule has 23 heavy (non-hydrogen) atoms. The molecule has 1 aromatic carbocycles. The zero-order valence-electron chi connectivity index (χ0n) is 11.8. The van der Waals surface area contributed by atoms with Gasteiger partial charge in [0.1, 0.15) is 11.3 Å². The van der Waals surface area contributed by atoms with Crippen LogP contribution in [-0.2, 0) is 12.4 Å². The lowest BCUT2D eigenvalue weighted by molar-refractivity contribution is -0.142. The molecule has 2 N–H and O–H groups in total. The zero-order valence-corrected chi connectivity index (χ0v) is 11.8. The van der Waals surface area contributed by atoms with Gasteiger partial charge in [-0.2, -0.15) is 26.3 Å². The van der Waals surface area contributed by atoms with Crippen LogP contribution >= 0.6 is 0 Å². The van der Waals surface area contributed by atoms with Crippen LogP contribution in [0.1, 0.15) is 42.3 Å². The van der Waals surface area contributed by atoms with Gasteiger partial charge in [0, 0.05) is 0 Å². The van der Waals surface area contributed by atoms with Crippen LogP contribution in [0.4, 0.5) is 26.3 Å². The minimum Gasteiger partial charge on any atom is -0.341 e. The van der Waals surface area contributed by atoms with Gasteiger partial charge in [-0.3, -0.25) is 0 Å². The Morgan fingerprint density at radius 1 is 1.00 bits per heavy atom. The van der Waals surface area contributed by atoms with Crippen LogP contribution in [0.2, 0.25) is 0 Å². The third-order valence-electron chi connectivity index (χ3n) is 3.88. The van der Waals surface area contributed by atoms with Gasteiger partial charge in [-0.25, -0.2) is 4.98 Å². The van der Waals surface area contributed by atoms with Crippen LogP contribution < -0.4 is 5.32 Å². The highest BCUT2D eigenvalue weighted by Crippen LogP contribution is 2.39. The average molecular weight is 337 g/mol. The van der Waals surface area contributed by atoms with Crippen LogP contribution in [0.15, 0.2) is 12.1 Å². The van der Waals surface area contributed by atoms with Gasteiger partial charge in [-0.15, -0.1) is 0 Å². The molecule has 3 nitrogen and oxygen atoms in total. The number of hydrogen-bond acceptors (Lipinski definition) is 2. The van der Waals surface area contributed by atoms with Crippen molar-refractivity contribution in [3.05, 3.63) is 29.1 Å². The first-order valence-corrected chi connectivity index (χ1v) is 7.07. The Labute approximate surface area is 127 Å². The van der Waals surface area contributed by atoms with Gasteiger partial charge in [0.05, 0.1) is 22.7 Å². The second kappa shape index (κ2) is 5.40. The molecule has 2 aromatic rings. The van der Waals surface area contributed by atoms with Crippen LogP contribution in [0, 0.1) is 0 Å². The number of imidazole rings is 1. The highest BCUT2D eigenvalue weighted by Gasteiger charge is 2.39. The second-order valence-electron chi connectivity index (χ2n) is 5.54. The highest BCUT2D eigenvalue weighted by molar-refractivity contribution is 5.80. The third-order valence-corrected chi connectivity index (χ3v) is 3.88. The van der Waals surface area contributed by atoms with Crippen molar-refractivity contribution in [2.75, 3.05) is 6.54 Å². The van der Waals surface area contributed by atoms with Crippen molar-refractivity contribution < 1.29 is 26.3 Å². The number of alkyl halides is 6. The first-order chi connectivity index (χ1) is 10.7. The van der Waals surface area contributed by atoms with Crippen LogP contribution in [0.25, 0.3) is 11.0 Å². The fraction of sp³-hybridized carbons (Fsp3) is 0.500. The summed E-state index contributed by atoms with van der Waals surface area (Å²) in [4.78, 5) is 6.54. The molecule has 1 aliphatic heterocycles. The Hall–Kier alpha value is -1.77. The highest BCUT2D eigenvalue weighted by atomic mass is 19.4. The minimum atomic E-state index is -4.91. The maximum Gasteiger partial charge on any atom is 0.418 e. The standard InChI is InChI=1S/C14H13F6N3/c15-13(16,17)7-5-8(14(18,19)20)11-10(6-7)22-12(23-11)9-3-1-2-4-21-9/h5-6,9,21H,1-4H2,(H,22,23)/t9-/m1/s1. The normalized spacial score (nSPS) is 20.2. The molecule has 0 amide bonds. The zero-order chi connectivity index (χ0) is 16.8. The largest absolute Gasteiger partial charge is 0.418 e. The molecule has 1 fully saturated rings. The van der Waals surface area contributed by atoms with E-state index in [1.807, 2.05) is 0 Å². The lowest BCUT2D eigenvalue weighted by atomic mass is 10.0. The quantitative estimate of drug-likeness (QED) is 0.757. The fourth-order valence-electron chi connectivity index (χ4n) is 2.77. The van der Waals surface area contributed by atoms with Crippen LogP contribution in [0.5, 0.6) is 0 Å². The van der Waals surface area contributed by atoms with Crippen LogP contribution in [-0.4, -0.2) is 16.5 Å². The van der Waals surface area contributed by atoms with Crippen molar-refractivity contribution in [1.82, 2.24) is 15.3 Å². The smallest absolute Gasteiger partial charge is 0.341 e. The summed E-state index contributed by atoms with van der Waals surface area (Å²) in [6.45, 7) is 0.696. The Morgan fingerprint density at radius 2 is 1.74 bits per heavy atom. The van der Waals surface area contributed by atoms with E-state index in [0.717, 1.165) is 12.8 Å². The van der Waals surface area contributed by atoms with Gasteiger partial charge < -0.3 is 10.3 Å². The van der Waals surface area contributed by atoms with E-state index in [9.17, 15) is 26.3 Å². The van der Waals surface area contributed by atoms with Gasteiger partial charge in [-0.1, -0.05) is 6.42 Å². The lowest BCUT2D eigenvalue weighted by Gasteiger charge is -2.21. The van der Waals surface area contributed by atoms with Crippen molar-refractivity contribution in [1.29, 1.82) is 0 Å². The molecule has 0 unspecified atom stereocenters. The predicted molar refractivity (Wildman–Crippen MR) is 70.7 cm³/mol. The monoisotopic (exact) mass is 337 g/mol. The molecular formula is C14H13F6N3. The van der Waals surface area contributed by atoms with E-state index in [1.165, 1.54) is 0 Å². The van der Waals surface area contributed by atoms with Crippen molar-refractivity contribution in [3.63, 3.8) is 0 Å². The summed E-state index contributed by atoms with van der Waals surface area (Å²) < 4.78 is 77.8. The predicted octanol–water partition coefficient (Wildman–Crippen LogP) is 4.42. The van der Waals surface area contributed by atoms with Crippen molar-refractivity contribution in [2.24, 2.45) is 0 Å². The van der Waals surface area contributed by atoms with E-state index in [4.69, 9.17) is 0 Å². The van der Waals surface area contributed by atoms with Gasteiger partial charge >= 0.3 is 12.4 Å². The molecule has 126 valence electrons. The third kappa shape index (κ3) is 3.15. The molecule has 0 aliphatic carbocycles. The fourth-order valence-corrected chi connectivity index (χ4v) is 2.77. The number of aromatic nitrogens is 2. The summed E-state index contributed by atoms with van der Waals surface area (Å²) in [5.41, 5.74) is -3.45. The van der Waals surface area contributed by atoms with Gasteiger partial charge in [0.25, 0.3) is 0 Å². The molecule has 1 saturated heterocycles. The van der Waals surface area contributed by atoms with Gasteiger partial charge in [-0.05, 0) is 31.5 Å². The molecule has 1 atom stereocenters. The number of halogens is 6. The summed E-state index contributed by atoms with van der Waals surface area (Å²) in [6.07, 6.45) is -7.26. The van der Waals surface area contributed by atoms with Gasteiger partial charge in [0.2, 0.25) is 0 Å². The number of piperidine rings is 1. The van der Waals surface area contributed by atoms with Crippen molar-refractivity contribution in [3.8, 4) is 0 Å². The topological polar surface area (TPSA) is 40.7 Å². The summed E-state index contributed by atoms with van der Waals surface area (Å²) in [5.74, 6) is 0.240. The van der Waals surface area contributed by atoms with Crippen molar-refractivity contribution >= 4 is 11.0 Å². The Morgan fingerprint density at radius 3 is 2.30 bits per heavy atom. The molecule has 0 radical (unpaired) electrons. The first-order valence-electron chi connectivity index (χ1n) is 7.07. The molecule has 2 heterocycles.